The van der Waals surface area contributed by atoms with Crippen LogP contribution in [-0.4, -0.2) is 28.0 Å². The Kier molecular flexibility index (Phi) is 4.15. The first-order valence-electron chi connectivity index (χ1n) is 7.66. The van der Waals surface area contributed by atoms with Crippen LogP contribution in [0.15, 0.2) is 29.8 Å². The molecule has 0 saturated carbocycles. The van der Waals surface area contributed by atoms with Gasteiger partial charge in [0.25, 0.3) is 0 Å². The average Bonchev–Trinajstić information content (AvgIpc) is 3.32. The SMILES string of the molecule is Cc1nc(NCc2cccs2)sc1-c1ccn([C@@H]2CCOC2)n1. The molecule has 0 radical (unpaired) electrons. The van der Waals surface area contributed by atoms with E-state index in [2.05, 4.69) is 33.9 Å². The summed E-state index contributed by atoms with van der Waals surface area (Å²) in [6.45, 7) is 4.45. The monoisotopic (exact) mass is 346 g/mol. The van der Waals surface area contributed by atoms with E-state index in [9.17, 15) is 0 Å². The number of rotatable bonds is 5. The third-order valence-electron chi connectivity index (χ3n) is 3.91. The van der Waals surface area contributed by atoms with Gasteiger partial charge in [-0.1, -0.05) is 17.4 Å². The highest BCUT2D eigenvalue weighted by Crippen LogP contribution is 2.32. The van der Waals surface area contributed by atoms with E-state index < -0.39 is 0 Å². The Morgan fingerprint density at radius 2 is 2.39 bits per heavy atom. The van der Waals surface area contributed by atoms with E-state index in [0.29, 0.717) is 6.04 Å². The third-order valence-corrected chi connectivity index (χ3v) is 5.93. The minimum Gasteiger partial charge on any atom is -0.379 e. The largest absolute Gasteiger partial charge is 0.379 e. The van der Waals surface area contributed by atoms with Crippen molar-refractivity contribution < 1.29 is 4.74 Å². The summed E-state index contributed by atoms with van der Waals surface area (Å²) in [5, 5.41) is 11.2. The Bertz CT molecular complexity index is 772. The number of hydrogen-bond donors (Lipinski definition) is 1. The highest BCUT2D eigenvalue weighted by molar-refractivity contribution is 7.19. The van der Waals surface area contributed by atoms with Crippen molar-refractivity contribution in [2.45, 2.75) is 25.9 Å². The minimum absolute atomic E-state index is 0.369. The number of ether oxygens (including phenoxy) is 1. The molecule has 0 amide bonds. The van der Waals surface area contributed by atoms with Crippen molar-refractivity contribution in [1.29, 1.82) is 0 Å². The molecule has 1 atom stereocenters. The van der Waals surface area contributed by atoms with Gasteiger partial charge in [-0.15, -0.1) is 11.3 Å². The first kappa shape index (κ1) is 14.9. The molecule has 7 heteroatoms. The van der Waals surface area contributed by atoms with E-state index in [-0.39, 0.29) is 0 Å². The van der Waals surface area contributed by atoms with Gasteiger partial charge in [-0.25, -0.2) is 4.98 Å². The number of aromatic nitrogens is 3. The van der Waals surface area contributed by atoms with Gasteiger partial charge in [-0.05, 0) is 30.9 Å². The maximum atomic E-state index is 5.44. The standard InChI is InChI=1S/C16H18N4OS2/c1-11-15(14-4-6-20(19-14)12-5-7-21-10-12)23-16(18-11)17-9-13-3-2-8-22-13/h2-4,6,8,12H,5,7,9-10H2,1H3,(H,17,18)/t12-/m1/s1. The Labute approximate surface area is 143 Å². The summed E-state index contributed by atoms with van der Waals surface area (Å²) in [6, 6.07) is 6.64. The summed E-state index contributed by atoms with van der Waals surface area (Å²) >= 11 is 3.42. The molecule has 4 rings (SSSR count). The quantitative estimate of drug-likeness (QED) is 0.760. The minimum atomic E-state index is 0.369. The topological polar surface area (TPSA) is 52.0 Å². The van der Waals surface area contributed by atoms with Gasteiger partial charge >= 0.3 is 0 Å². The van der Waals surface area contributed by atoms with Gasteiger partial charge in [-0.2, -0.15) is 5.10 Å². The fourth-order valence-corrected chi connectivity index (χ4v) is 4.25. The summed E-state index contributed by atoms with van der Waals surface area (Å²) in [4.78, 5) is 7.08. The van der Waals surface area contributed by atoms with Crippen LogP contribution in [0.1, 0.15) is 23.0 Å². The second-order valence-corrected chi connectivity index (χ2v) is 7.60. The lowest BCUT2D eigenvalue weighted by atomic mass is 10.3. The van der Waals surface area contributed by atoms with Crippen LogP contribution in [0.25, 0.3) is 10.6 Å². The van der Waals surface area contributed by atoms with Crippen LogP contribution in [-0.2, 0) is 11.3 Å². The maximum Gasteiger partial charge on any atom is 0.183 e. The predicted molar refractivity (Wildman–Crippen MR) is 94.2 cm³/mol. The van der Waals surface area contributed by atoms with Crippen LogP contribution < -0.4 is 5.32 Å². The Morgan fingerprint density at radius 3 is 3.17 bits per heavy atom. The summed E-state index contributed by atoms with van der Waals surface area (Å²) in [5.41, 5.74) is 2.02. The van der Waals surface area contributed by atoms with Gasteiger partial charge in [0.1, 0.15) is 5.69 Å². The van der Waals surface area contributed by atoms with Crippen molar-refractivity contribution >= 4 is 27.8 Å². The van der Waals surface area contributed by atoms with Gasteiger partial charge in [0.15, 0.2) is 5.13 Å². The van der Waals surface area contributed by atoms with Crippen molar-refractivity contribution in [2.75, 3.05) is 18.5 Å². The summed E-state index contributed by atoms with van der Waals surface area (Å²) in [7, 11) is 0. The number of aryl methyl sites for hydroxylation is 1. The molecular formula is C16H18N4OS2. The van der Waals surface area contributed by atoms with Crippen molar-refractivity contribution in [3.8, 4) is 10.6 Å². The Balaban J connectivity index is 1.50. The van der Waals surface area contributed by atoms with E-state index in [1.807, 2.05) is 17.8 Å². The third kappa shape index (κ3) is 3.17. The van der Waals surface area contributed by atoms with Gasteiger partial charge in [0.2, 0.25) is 0 Å². The van der Waals surface area contributed by atoms with Gasteiger partial charge in [-0.3, -0.25) is 4.68 Å². The lowest BCUT2D eigenvalue weighted by Crippen LogP contribution is -2.08. The molecule has 1 fully saturated rings. The summed E-state index contributed by atoms with van der Waals surface area (Å²) in [6.07, 6.45) is 3.09. The van der Waals surface area contributed by atoms with Gasteiger partial charge in [0.05, 0.1) is 29.8 Å². The molecule has 0 bridgehead atoms. The van der Waals surface area contributed by atoms with Crippen LogP contribution in [0, 0.1) is 6.92 Å². The van der Waals surface area contributed by atoms with Crippen molar-refractivity contribution in [3.05, 3.63) is 40.3 Å². The van der Waals surface area contributed by atoms with Gasteiger partial charge < -0.3 is 10.1 Å². The number of thiazole rings is 1. The zero-order chi connectivity index (χ0) is 15.6. The number of nitrogens with zero attached hydrogens (tertiary/aromatic N) is 3. The molecule has 0 aliphatic carbocycles. The molecule has 23 heavy (non-hydrogen) atoms. The zero-order valence-electron chi connectivity index (χ0n) is 12.9. The number of thiophene rings is 1. The fourth-order valence-electron chi connectivity index (χ4n) is 2.68. The van der Waals surface area contributed by atoms with Crippen LogP contribution in [0.4, 0.5) is 5.13 Å². The summed E-state index contributed by atoms with van der Waals surface area (Å²) < 4.78 is 7.47. The predicted octanol–water partition coefficient (Wildman–Crippen LogP) is 3.95. The molecule has 1 aliphatic heterocycles. The number of nitrogens with one attached hydrogen (secondary N) is 1. The molecule has 5 nitrogen and oxygen atoms in total. The lowest BCUT2D eigenvalue weighted by molar-refractivity contribution is 0.184. The van der Waals surface area contributed by atoms with E-state index in [4.69, 9.17) is 9.84 Å². The van der Waals surface area contributed by atoms with Crippen molar-refractivity contribution in [3.63, 3.8) is 0 Å². The number of hydrogen-bond acceptors (Lipinski definition) is 6. The summed E-state index contributed by atoms with van der Waals surface area (Å²) in [5.74, 6) is 0. The van der Waals surface area contributed by atoms with E-state index in [1.54, 1.807) is 22.7 Å². The van der Waals surface area contributed by atoms with Crippen LogP contribution >= 0.6 is 22.7 Å². The second-order valence-electron chi connectivity index (χ2n) is 5.56. The van der Waals surface area contributed by atoms with Gasteiger partial charge in [0, 0.05) is 17.7 Å². The lowest BCUT2D eigenvalue weighted by Gasteiger charge is -2.06. The highest BCUT2D eigenvalue weighted by atomic mass is 32.1. The maximum absolute atomic E-state index is 5.44. The average molecular weight is 346 g/mol. The molecule has 3 aromatic rings. The first-order valence-corrected chi connectivity index (χ1v) is 9.36. The fraction of sp³-hybridized carbons (Fsp3) is 0.375. The molecule has 0 aromatic carbocycles. The highest BCUT2D eigenvalue weighted by Gasteiger charge is 2.20. The normalized spacial score (nSPS) is 17.7. The molecule has 1 aliphatic rings. The first-order chi connectivity index (χ1) is 11.3. The van der Waals surface area contributed by atoms with Crippen LogP contribution in [0.2, 0.25) is 0 Å². The van der Waals surface area contributed by atoms with E-state index in [0.717, 1.165) is 47.6 Å². The molecular weight excluding hydrogens is 328 g/mol. The zero-order valence-corrected chi connectivity index (χ0v) is 14.5. The second kappa shape index (κ2) is 6.43. The van der Waals surface area contributed by atoms with Crippen molar-refractivity contribution in [2.24, 2.45) is 0 Å². The molecule has 3 aromatic heterocycles. The molecule has 0 spiro atoms. The molecule has 120 valence electrons. The van der Waals surface area contributed by atoms with Crippen molar-refractivity contribution in [1.82, 2.24) is 14.8 Å². The Morgan fingerprint density at radius 1 is 1.43 bits per heavy atom. The smallest absolute Gasteiger partial charge is 0.183 e. The van der Waals surface area contributed by atoms with E-state index >= 15 is 0 Å². The molecule has 0 unspecified atom stereocenters. The molecule has 1 N–H and O–H groups in total. The molecule has 1 saturated heterocycles. The molecule has 4 heterocycles. The van der Waals surface area contributed by atoms with E-state index in [1.165, 1.54) is 4.88 Å². The Hall–Kier alpha value is -1.70. The van der Waals surface area contributed by atoms with Crippen LogP contribution in [0.3, 0.4) is 0 Å². The van der Waals surface area contributed by atoms with Crippen LogP contribution in [0.5, 0.6) is 0 Å². The number of anilines is 1.